The zero-order chi connectivity index (χ0) is 21.7. The zero-order valence-electron chi connectivity index (χ0n) is 17.8. The van der Waals surface area contributed by atoms with E-state index in [1.54, 1.807) is 30.0 Å². The van der Waals surface area contributed by atoms with Crippen LogP contribution < -0.4 is 11.1 Å². The van der Waals surface area contributed by atoms with E-state index in [2.05, 4.69) is 5.32 Å². The molecule has 5 N–H and O–H groups in total. The van der Waals surface area contributed by atoms with Crippen molar-refractivity contribution in [2.45, 2.75) is 76.9 Å². The molecule has 0 bridgehead atoms. The SMILES string of the molecule is CC(=N)c1ccc(CNC(=O)[C@@H]2CCCN2C(=O)[C@H](N)CC2CCCCC2)cc1O. The number of amides is 2. The van der Waals surface area contributed by atoms with Gasteiger partial charge >= 0.3 is 0 Å². The van der Waals surface area contributed by atoms with Crippen molar-refractivity contribution >= 4 is 17.5 Å². The number of nitrogens with zero attached hydrogens (tertiary/aromatic N) is 1. The summed E-state index contributed by atoms with van der Waals surface area (Å²) >= 11 is 0. The Balaban J connectivity index is 1.55. The van der Waals surface area contributed by atoms with Crippen molar-refractivity contribution in [1.82, 2.24) is 10.2 Å². The number of nitrogens with one attached hydrogen (secondary N) is 2. The Bertz CT molecular complexity index is 789. The Morgan fingerprint density at radius 1 is 1.23 bits per heavy atom. The number of likely N-dealkylation sites (tertiary alicyclic amines) is 1. The van der Waals surface area contributed by atoms with Gasteiger partial charge in [-0.2, -0.15) is 0 Å². The molecule has 1 aromatic carbocycles. The van der Waals surface area contributed by atoms with Crippen LogP contribution in [-0.2, 0) is 16.1 Å². The first-order valence-electron chi connectivity index (χ1n) is 11.1. The fourth-order valence-corrected chi connectivity index (χ4v) is 4.71. The topological polar surface area (TPSA) is 120 Å². The highest BCUT2D eigenvalue weighted by molar-refractivity contribution is 5.98. The number of hydrogen-bond acceptors (Lipinski definition) is 5. The normalized spacial score (nSPS) is 20.7. The van der Waals surface area contributed by atoms with Crippen LogP contribution in [-0.4, -0.2) is 46.2 Å². The van der Waals surface area contributed by atoms with Gasteiger partial charge in [-0.25, -0.2) is 0 Å². The van der Waals surface area contributed by atoms with Crippen LogP contribution in [0.5, 0.6) is 5.75 Å². The van der Waals surface area contributed by atoms with E-state index in [1.165, 1.54) is 19.3 Å². The van der Waals surface area contributed by atoms with E-state index in [1.807, 2.05) is 0 Å². The van der Waals surface area contributed by atoms with Crippen molar-refractivity contribution in [3.8, 4) is 5.75 Å². The number of benzene rings is 1. The Labute approximate surface area is 178 Å². The molecule has 164 valence electrons. The highest BCUT2D eigenvalue weighted by Gasteiger charge is 2.36. The van der Waals surface area contributed by atoms with Crippen LogP contribution in [0.4, 0.5) is 0 Å². The van der Waals surface area contributed by atoms with Crippen LogP contribution in [0.3, 0.4) is 0 Å². The van der Waals surface area contributed by atoms with E-state index in [0.717, 1.165) is 24.8 Å². The number of phenols is 1. The first kappa shape index (κ1) is 22.3. The summed E-state index contributed by atoms with van der Waals surface area (Å²) in [5, 5.41) is 20.5. The molecule has 0 aromatic heterocycles. The molecule has 7 heteroatoms. The molecule has 2 fully saturated rings. The molecule has 2 aliphatic rings. The molecule has 0 radical (unpaired) electrons. The van der Waals surface area contributed by atoms with Crippen molar-refractivity contribution in [1.29, 1.82) is 5.41 Å². The first-order valence-corrected chi connectivity index (χ1v) is 11.1. The number of hydrogen-bond donors (Lipinski definition) is 4. The summed E-state index contributed by atoms with van der Waals surface area (Å²) in [5.41, 5.74) is 7.75. The number of carbonyl (C=O) groups excluding carboxylic acids is 2. The van der Waals surface area contributed by atoms with E-state index in [4.69, 9.17) is 11.1 Å². The van der Waals surface area contributed by atoms with Gasteiger partial charge in [-0.05, 0) is 49.8 Å². The molecule has 1 aliphatic carbocycles. The minimum Gasteiger partial charge on any atom is -0.507 e. The Kier molecular flexibility index (Phi) is 7.48. The van der Waals surface area contributed by atoms with Crippen LogP contribution in [0.1, 0.15) is 69.4 Å². The van der Waals surface area contributed by atoms with Gasteiger partial charge in [0.1, 0.15) is 11.8 Å². The molecule has 1 aromatic rings. The van der Waals surface area contributed by atoms with E-state index in [-0.39, 0.29) is 29.8 Å². The largest absolute Gasteiger partial charge is 0.507 e. The van der Waals surface area contributed by atoms with Gasteiger partial charge in [0.2, 0.25) is 11.8 Å². The maximum atomic E-state index is 12.9. The standard InChI is InChI=1S/C23H34N4O3/c1-15(24)18-10-9-17(13-21(18)28)14-26-22(29)20-8-5-11-27(20)23(30)19(25)12-16-6-3-2-4-7-16/h9-10,13,16,19-20,24,28H,2-8,11-12,14,25H2,1H3,(H,26,29)/t19-,20+/m1/s1. The van der Waals surface area contributed by atoms with Gasteiger partial charge in [-0.15, -0.1) is 0 Å². The smallest absolute Gasteiger partial charge is 0.243 e. The van der Waals surface area contributed by atoms with Crippen molar-refractivity contribution in [2.75, 3.05) is 6.54 Å². The lowest BCUT2D eigenvalue weighted by Gasteiger charge is -2.29. The number of rotatable bonds is 7. The highest BCUT2D eigenvalue weighted by Crippen LogP contribution is 2.28. The lowest BCUT2D eigenvalue weighted by atomic mass is 9.84. The Hall–Kier alpha value is -2.41. The van der Waals surface area contributed by atoms with Gasteiger partial charge in [0.25, 0.3) is 0 Å². The van der Waals surface area contributed by atoms with Gasteiger partial charge < -0.3 is 26.5 Å². The van der Waals surface area contributed by atoms with Crippen LogP contribution in [0.25, 0.3) is 0 Å². The molecule has 0 unspecified atom stereocenters. The fourth-order valence-electron chi connectivity index (χ4n) is 4.71. The number of carbonyl (C=O) groups is 2. The van der Waals surface area contributed by atoms with Crippen molar-refractivity contribution in [3.63, 3.8) is 0 Å². The molecule has 1 saturated heterocycles. The summed E-state index contributed by atoms with van der Waals surface area (Å²) < 4.78 is 0. The molecule has 2 amide bonds. The maximum absolute atomic E-state index is 12.9. The summed E-state index contributed by atoms with van der Waals surface area (Å²) in [6, 6.07) is 4.01. The third-order valence-corrected chi connectivity index (χ3v) is 6.40. The Morgan fingerprint density at radius 2 is 1.97 bits per heavy atom. The summed E-state index contributed by atoms with van der Waals surface area (Å²) in [6.07, 6.45) is 8.16. The molecule has 0 spiro atoms. The quantitative estimate of drug-likeness (QED) is 0.513. The van der Waals surface area contributed by atoms with Gasteiger partial charge in [-0.3, -0.25) is 9.59 Å². The molecule has 1 heterocycles. The summed E-state index contributed by atoms with van der Waals surface area (Å²) in [4.78, 5) is 27.3. The van der Waals surface area contributed by atoms with Crippen LogP contribution in [0, 0.1) is 11.3 Å². The third kappa shape index (κ3) is 5.39. The minimum atomic E-state index is -0.532. The van der Waals surface area contributed by atoms with E-state index < -0.39 is 12.1 Å². The van der Waals surface area contributed by atoms with Gasteiger partial charge in [-0.1, -0.05) is 38.2 Å². The molecular weight excluding hydrogens is 380 g/mol. The molecule has 7 nitrogen and oxygen atoms in total. The minimum absolute atomic E-state index is 0.0283. The Morgan fingerprint density at radius 3 is 2.63 bits per heavy atom. The first-order chi connectivity index (χ1) is 14.4. The van der Waals surface area contributed by atoms with E-state index >= 15 is 0 Å². The molecule has 1 saturated carbocycles. The maximum Gasteiger partial charge on any atom is 0.243 e. The molecule has 2 atom stereocenters. The van der Waals surface area contributed by atoms with Crippen molar-refractivity contribution in [2.24, 2.45) is 11.7 Å². The second-order valence-corrected chi connectivity index (χ2v) is 8.73. The zero-order valence-corrected chi connectivity index (χ0v) is 17.8. The molecular formula is C23H34N4O3. The lowest BCUT2D eigenvalue weighted by molar-refractivity contribution is -0.139. The lowest BCUT2D eigenvalue weighted by Crippen LogP contribution is -2.51. The molecule has 3 rings (SSSR count). The third-order valence-electron chi connectivity index (χ3n) is 6.40. The monoisotopic (exact) mass is 414 g/mol. The average molecular weight is 415 g/mol. The summed E-state index contributed by atoms with van der Waals surface area (Å²) in [6.45, 7) is 2.45. The average Bonchev–Trinajstić information content (AvgIpc) is 3.22. The van der Waals surface area contributed by atoms with Crippen LogP contribution >= 0.6 is 0 Å². The van der Waals surface area contributed by atoms with Crippen LogP contribution in [0.15, 0.2) is 18.2 Å². The highest BCUT2D eigenvalue weighted by atomic mass is 16.3. The van der Waals surface area contributed by atoms with Crippen molar-refractivity contribution in [3.05, 3.63) is 29.3 Å². The summed E-state index contributed by atoms with van der Waals surface area (Å²) in [5.74, 6) is 0.257. The van der Waals surface area contributed by atoms with E-state index in [0.29, 0.717) is 30.9 Å². The second-order valence-electron chi connectivity index (χ2n) is 8.73. The fraction of sp³-hybridized carbons (Fsp3) is 0.609. The number of phenolic OH excluding ortho intramolecular Hbond substituents is 1. The van der Waals surface area contributed by atoms with Crippen molar-refractivity contribution < 1.29 is 14.7 Å². The second kappa shape index (κ2) is 10.1. The predicted molar refractivity (Wildman–Crippen MR) is 116 cm³/mol. The van der Waals surface area contributed by atoms with E-state index in [9.17, 15) is 14.7 Å². The summed E-state index contributed by atoms with van der Waals surface area (Å²) in [7, 11) is 0. The van der Waals surface area contributed by atoms with Gasteiger partial charge in [0.05, 0.1) is 6.04 Å². The van der Waals surface area contributed by atoms with Gasteiger partial charge in [0.15, 0.2) is 0 Å². The molecule has 1 aliphatic heterocycles. The predicted octanol–water partition coefficient (Wildman–Crippen LogP) is 2.68. The van der Waals surface area contributed by atoms with Crippen LogP contribution in [0.2, 0.25) is 0 Å². The number of aromatic hydroxyl groups is 1. The molecule has 30 heavy (non-hydrogen) atoms. The number of nitrogens with two attached hydrogens (primary N) is 1. The van der Waals surface area contributed by atoms with Gasteiger partial charge in [0, 0.05) is 24.4 Å².